The second kappa shape index (κ2) is 11.0. The van der Waals surface area contributed by atoms with Crippen molar-refractivity contribution < 1.29 is 19.0 Å². The molecule has 3 aromatic carbocycles. The summed E-state index contributed by atoms with van der Waals surface area (Å²) in [5, 5.41) is 0. The van der Waals surface area contributed by atoms with Crippen molar-refractivity contribution in [1.82, 2.24) is 4.90 Å². The highest BCUT2D eigenvalue weighted by Gasteiger charge is 2.31. The second-order valence-corrected chi connectivity index (χ2v) is 8.88. The van der Waals surface area contributed by atoms with Crippen LogP contribution in [0.15, 0.2) is 83.8 Å². The number of rotatable bonds is 9. The van der Waals surface area contributed by atoms with Gasteiger partial charge in [0.25, 0.3) is 5.91 Å². The molecule has 5 nitrogen and oxygen atoms in total. The molecule has 0 unspecified atom stereocenters. The van der Waals surface area contributed by atoms with E-state index in [4.69, 9.17) is 26.4 Å². The lowest BCUT2D eigenvalue weighted by molar-refractivity contribution is -0.122. The maximum Gasteiger partial charge on any atom is 0.266 e. The minimum absolute atomic E-state index is 0.0770. The Labute approximate surface area is 203 Å². The molecule has 0 bridgehead atoms. The van der Waals surface area contributed by atoms with Crippen molar-refractivity contribution in [3.8, 4) is 17.2 Å². The molecule has 1 saturated heterocycles. The highest BCUT2D eigenvalue weighted by atomic mass is 32.2. The highest BCUT2D eigenvalue weighted by Crippen LogP contribution is 2.34. The average molecular weight is 478 g/mol. The van der Waals surface area contributed by atoms with Crippen molar-refractivity contribution in [3.05, 3.63) is 94.9 Å². The summed E-state index contributed by atoms with van der Waals surface area (Å²) in [6.07, 6.45) is 1.85. The molecule has 0 atom stereocenters. The van der Waals surface area contributed by atoms with E-state index in [1.807, 2.05) is 84.9 Å². The molecule has 0 N–H and O–H groups in total. The van der Waals surface area contributed by atoms with E-state index in [2.05, 4.69) is 0 Å². The SMILES string of the molecule is COc1cccc(OCCOc2cccc(C=C3SC(=S)N(Cc4ccccc4)C3=O)c2)c1. The summed E-state index contributed by atoms with van der Waals surface area (Å²) in [6, 6.07) is 24.9. The van der Waals surface area contributed by atoms with Gasteiger partial charge in [-0.05, 0) is 41.5 Å². The number of ether oxygens (including phenoxy) is 3. The van der Waals surface area contributed by atoms with E-state index in [1.54, 1.807) is 12.0 Å². The fraction of sp³-hybridized carbons (Fsp3) is 0.154. The Morgan fingerprint density at radius 1 is 0.879 bits per heavy atom. The van der Waals surface area contributed by atoms with Gasteiger partial charge in [-0.3, -0.25) is 9.69 Å². The number of carbonyl (C=O) groups is 1. The van der Waals surface area contributed by atoms with E-state index in [-0.39, 0.29) is 5.91 Å². The van der Waals surface area contributed by atoms with Crippen molar-refractivity contribution >= 4 is 40.3 Å². The first kappa shape index (κ1) is 22.9. The number of nitrogens with zero attached hydrogens (tertiary/aromatic N) is 1. The summed E-state index contributed by atoms with van der Waals surface area (Å²) in [7, 11) is 1.62. The zero-order valence-corrected chi connectivity index (χ0v) is 19.7. The van der Waals surface area contributed by atoms with Crippen LogP contribution in [0.3, 0.4) is 0 Å². The smallest absolute Gasteiger partial charge is 0.266 e. The van der Waals surface area contributed by atoms with Crippen LogP contribution < -0.4 is 14.2 Å². The summed E-state index contributed by atoms with van der Waals surface area (Å²) < 4.78 is 17.3. The van der Waals surface area contributed by atoms with Crippen LogP contribution in [-0.4, -0.2) is 35.5 Å². The lowest BCUT2D eigenvalue weighted by Crippen LogP contribution is -2.27. The van der Waals surface area contributed by atoms with Gasteiger partial charge in [0.05, 0.1) is 18.6 Å². The number of hydrogen-bond acceptors (Lipinski definition) is 6. The minimum atomic E-state index is -0.0770. The molecule has 0 aliphatic carbocycles. The molecule has 4 rings (SSSR count). The number of benzene rings is 3. The third kappa shape index (κ3) is 6.15. The van der Waals surface area contributed by atoms with Gasteiger partial charge in [-0.2, -0.15) is 0 Å². The van der Waals surface area contributed by atoms with Gasteiger partial charge in [0.15, 0.2) is 0 Å². The standard InChI is InChI=1S/C26H23NO4S2/c1-29-21-10-6-12-23(17-21)31-14-13-30-22-11-5-9-20(15-22)16-24-25(28)27(26(32)33-24)18-19-7-3-2-4-8-19/h2-12,15-17H,13-14,18H2,1H3. The molecule has 0 spiro atoms. The molecular formula is C26H23NO4S2. The molecule has 1 amide bonds. The van der Waals surface area contributed by atoms with Crippen molar-refractivity contribution in [2.45, 2.75) is 6.54 Å². The maximum absolute atomic E-state index is 12.9. The lowest BCUT2D eigenvalue weighted by Gasteiger charge is -2.14. The quantitative estimate of drug-likeness (QED) is 0.229. The predicted molar refractivity (Wildman–Crippen MR) is 136 cm³/mol. The Balaban J connectivity index is 1.34. The van der Waals surface area contributed by atoms with Crippen molar-refractivity contribution in [1.29, 1.82) is 0 Å². The highest BCUT2D eigenvalue weighted by molar-refractivity contribution is 8.26. The summed E-state index contributed by atoms with van der Waals surface area (Å²) in [6.45, 7) is 1.26. The van der Waals surface area contributed by atoms with Crippen LogP contribution in [0.25, 0.3) is 6.08 Å². The Bertz CT molecular complexity index is 1160. The molecule has 168 valence electrons. The number of thiocarbonyl (C=S) groups is 1. The van der Waals surface area contributed by atoms with Gasteiger partial charge in [-0.25, -0.2) is 0 Å². The molecule has 0 radical (unpaired) electrons. The first-order chi connectivity index (χ1) is 16.1. The van der Waals surface area contributed by atoms with Crippen LogP contribution in [-0.2, 0) is 11.3 Å². The molecule has 1 fully saturated rings. The zero-order valence-electron chi connectivity index (χ0n) is 18.1. The Morgan fingerprint density at radius 3 is 2.27 bits per heavy atom. The van der Waals surface area contributed by atoms with Crippen LogP contribution >= 0.6 is 24.0 Å². The third-order valence-electron chi connectivity index (χ3n) is 4.87. The summed E-state index contributed by atoms with van der Waals surface area (Å²) >= 11 is 6.76. The van der Waals surface area contributed by atoms with Crippen LogP contribution in [0.4, 0.5) is 0 Å². The van der Waals surface area contributed by atoms with Crippen LogP contribution in [0.2, 0.25) is 0 Å². The van der Waals surface area contributed by atoms with E-state index >= 15 is 0 Å². The van der Waals surface area contributed by atoms with Crippen molar-refractivity contribution in [3.63, 3.8) is 0 Å². The Kier molecular flexibility index (Phi) is 7.65. The molecule has 1 aliphatic rings. The van der Waals surface area contributed by atoms with Crippen molar-refractivity contribution in [2.24, 2.45) is 0 Å². The van der Waals surface area contributed by atoms with E-state index in [1.165, 1.54) is 11.8 Å². The molecule has 0 aromatic heterocycles. The number of amides is 1. The van der Waals surface area contributed by atoms with Gasteiger partial charge in [0.2, 0.25) is 0 Å². The van der Waals surface area contributed by atoms with E-state index in [9.17, 15) is 4.79 Å². The molecule has 1 aliphatic heterocycles. The summed E-state index contributed by atoms with van der Waals surface area (Å²) in [5.41, 5.74) is 1.92. The van der Waals surface area contributed by atoms with E-state index in [0.717, 1.165) is 22.6 Å². The van der Waals surface area contributed by atoms with Crippen LogP contribution in [0, 0.1) is 0 Å². The normalized spacial score (nSPS) is 14.6. The molecule has 1 heterocycles. The number of thioether (sulfide) groups is 1. The molecule has 33 heavy (non-hydrogen) atoms. The number of carbonyl (C=O) groups excluding carboxylic acids is 1. The van der Waals surface area contributed by atoms with Crippen molar-refractivity contribution in [2.75, 3.05) is 20.3 Å². The van der Waals surface area contributed by atoms with Gasteiger partial charge in [0, 0.05) is 6.07 Å². The molecule has 3 aromatic rings. The third-order valence-corrected chi connectivity index (χ3v) is 6.25. The topological polar surface area (TPSA) is 48.0 Å². The molecular weight excluding hydrogens is 454 g/mol. The second-order valence-electron chi connectivity index (χ2n) is 7.20. The largest absolute Gasteiger partial charge is 0.497 e. The first-order valence-corrected chi connectivity index (χ1v) is 11.6. The van der Waals surface area contributed by atoms with Crippen LogP contribution in [0.5, 0.6) is 17.2 Å². The van der Waals surface area contributed by atoms with Gasteiger partial charge < -0.3 is 14.2 Å². The Morgan fingerprint density at radius 2 is 1.55 bits per heavy atom. The van der Waals surface area contributed by atoms with Gasteiger partial charge in [-0.15, -0.1) is 0 Å². The van der Waals surface area contributed by atoms with Crippen LogP contribution in [0.1, 0.15) is 11.1 Å². The monoisotopic (exact) mass is 477 g/mol. The average Bonchev–Trinajstić information content (AvgIpc) is 3.10. The minimum Gasteiger partial charge on any atom is -0.497 e. The maximum atomic E-state index is 12.9. The molecule has 7 heteroatoms. The number of hydrogen-bond donors (Lipinski definition) is 0. The fourth-order valence-corrected chi connectivity index (χ4v) is 4.51. The summed E-state index contributed by atoms with van der Waals surface area (Å²) in [5.74, 6) is 2.10. The Hall–Kier alpha value is -3.29. The fourth-order valence-electron chi connectivity index (χ4n) is 3.26. The molecule has 0 saturated carbocycles. The first-order valence-electron chi connectivity index (χ1n) is 10.4. The zero-order chi connectivity index (χ0) is 23.0. The predicted octanol–water partition coefficient (Wildman–Crippen LogP) is 5.55. The summed E-state index contributed by atoms with van der Waals surface area (Å²) in [4.78, 5) is 15.1. The van der Waals surface area contributed by atoms with E-state index in [0.29, 0.717) is 34.7 Å². The number of methoxy groups -OCH3 is 1. The van der Waals surface area contributed by atoms with E-state index < -0.39 is 0 Å². The van der Waals surface area contributed by atoms with Gasteiger partial charge >= 0.3 is 0 Å². The lowest BCUT2D eigenvalue weighted by atomic mass is 10.2. The van der Waals surface area contributed by atoms with Gasteiger partial charge in [0.1, 0.15) is 34.8 Å². The van der Waals surface area contributed by atoms with Gasteiger partial charge in [-0.1, -0.05) is 72.5 Å².